The number of primary sulfonamides is 1. The molecule has 0 atom stereocenters. The molecule has 102 valence electrons. The average Bonchev–Trinajstić information content (AvgIpc) is 2.37. The van der Waals surface area contributed by atoms with E-state index in [-0.39, 0.29) is 15.5 Å². The van der Waals surface area contributed by atoms with E-state index < -0.39 is 15.9 Å². The molecule has 0 aliphatic carbocycles. The highest BCUT2D eigenvalue weighted by atomic mass is 35.5. The lowest BCUT2D eigenvalue weighted by Crippen LogP contribution is -2.35. The number of rotatable bonds is 2. The number of nitrogens with two attached hydrogens (primary N) is 1. The SMILES string of the molecule is NS(=O)(=O)c1cccc(Cl)c1C(=O)N1CC=CCC1. The molecule has 7 heteroatoms. The number of carbonyl (C=O) groups is 1. The normalized spacial score (nSPS) is 15.6. The molecule has 1 aliphatic rings. The molecule has 1 aliphatic heterocycles. The minimum absolute atomic E-state index is 0.0537. The van der Waals surface area contributed by atoms with Gasteiger partial charge < -0.3 is 4.90 Å². The first-order chi connectivity index (χ1) is 8.91. The van der Waals surface area contributed by atoms with E-state index in [0.29, 0.717) is 13.1 Å². The number of sulfonamides is 1. The Morgan fingerprint density at radius 3 is 2.63 bits per heavy atom. The third-order valence-corrected chi connectivity index (χ3v) is 4.11. The topological polar surface area (TPSA) is 80.5 Å². The van der Waals surface area contributed by atoms with E-state index in [0.717, 1.165) is 6.42 Å². The fourth-order valence-corrected chi connectivity index (χ4v) is 2.99. The number of amides is 1. The third kappa shape index (κ3) is 2.97. The predicted molar refractivity (Wildman–Crippen MR) is 72.5 cm³/mol. The molecule has 2 rings (SSSR count). The number of hydrogen-bond acceptors (Lipinski definition) is 3. The van der Waals surface area contributed by atoms with E-state index >= 15 is 0 Å². The third-order valence-electron chi connectivity index (χ3n) is 2.84. The number of hydrogen-bond donors (Lipinski definition) is 1. The van der Waals surface area contributed by atoms with E-state index in [1.165, 1.54) is 23.1 Å². The zero-order valence-electron chi connectivity index (χ0n) is 10.0. The van der Waals surface area contributed by atoms with E-state index in [4.69, 9.17) is 16.7 Å². The Kier molecular flexibility index (Phi) is 3.93. The zero-order chi connectivity index (χ0) is 14.0. The molecule has 5 nitrogen and oxygen atoms in total. The Hall–Kier alpha value is -1.37. The van der Waals surface area contributed by atoms with Crippen molar-refractivity contribution in [1.82, 2.24) is 4.90 Å². The van der Waals surface area contributed by atoms with Crippen molar-refractivity contribution in [3.63, 3.8) is 0 Å². The Bertz CT molecular complexity index is 640. The maximum Gasteiger partial charge on any atom is 0.257 e. The van der Waals surface area contributed by atoms with Crippen molar-refractivity contribution in [2.75, 3.05) is 13.1 Å². The van der Waals surface area contributed by atoms with Gasteiger partial charge in [0.15, 0.2) is 0 Å². The van der Waals surface area contributed by atoms with Crippen LogP contribution in [0.3, 0.4) is 0 Å². The van der Waals surface area contributed by atoms with Crippen LogP contribution in [-0.4, -0.2) is 32.3 Å². The van der Waals surface area contributed by atoms with Gasteiger partial charge in [0, 0.05) is 13.1 Å². The average molecular weight is 301 g/mol. The minimum atomic E-state index is -3.99. The number of benzene rings is 1. The van der Waals surface area contributed by atoms with Gasteiger partial charge in [-0.3, -0.25) is 4.79 Å². The molecule has 1 aromatic carbocycles. The first kappa shape index (κ1) is 14.0. The summed E-state index contributed by atoms with van der Waals surface area (Å²) in [6.45, 7) is 0.971. The van der Waals surface area contributed by atoms with E-state index in [2.05, 4.69) is 0 Å². The van der Waals surface area contributed by atoms with Gasteiger partial charge >= 0.3 is 0 Å². The molecular weight excluding hydrogens is 288 g/mol. The summed E-state index contributed by atoms with van der Waals surface area (Å²) in [4.78, 5) is 13.7. The molecule has 0 spiro atoms. The lowest BCUT2D eigenvalue weighted by atomic mass is 10.1. The van der Waals surface area contributed by atoms with Gasteiger partial charge in [-0.1, -0.05) is 29.8 Å². The summed E-state index contributed by atoms with van der Waals surface area (Å²) in [7, 11) is -3.99. The highest BCUT2D eigenvalue weighted by Crippen LogP contribution is 2.25. The van der Waals surface area contributed by atoms with Gasteiger partial charge in [0.25, 0.3) is 5.91 Å². The summed E-state index contributed by atoms with van der Waals surface area (Å²) >= 11 is 5.96. The van der Waals surface area contributed by atoms with E-state index in [1.807, 2.05) is 12.2 Å². The Balaban J connectivity index is 2.49. The molecule has 19 heavy (non-hydrogen) atoms. The molecule has 0 saturated heterocycles. The second-order valence-electron chi connectivity index (χ2n) is 4.17. The van der Waals surface area contributed by atoms with Crippen molar-refractivity contribution in [3.8, 4) is 0 Å². The lowest BCUT2D eigenvalue weighted by Gasteiger charge is -2.24. The second kappa shape index (κ2) is 5.32. The summed E-state index contributed by atoms with van der Waals surface area (Å²) in [5.41, 5.74) is -0.0537. The molecule has 1 amide bonds. The number of halogens is 1. The zero-order valence-corrected chi connectivity index (χ0v) is 11.6. The number of nitrogens with zero attached hydrogens (tertiary/aromatic N) is 1. The molecular formula is C12H13ClN2O3S. The summed E-state index contributed by atoms with van der Waals surface area (Å²) < 4.78 is 23.1. The fourth-order valence-electron chi connectivity index (χ4n) is 1.93. The van der Waals surface area contributed by atoms with E-state index in [1.54, 1.807) is 0 Å². The lowest BCUT2D eigenvalue weighted by molar-refractivity contribution is 0.0767. The van der Waals surface area contributed by atoms with Crippen LogP contribution in [0, 0.1) is 0 Å². The monoisotopic (exact) mass is 300 g/mol. The first-order valence-corrected chi connectivity index (χ1v) is 7.59. The molecule has 2 N–H and O–H groups in total. The molecule has 1 heterocycles. The van der Waals surface area contributed by atoms with E-state index in [9.17, 15) is 13.2 Å². The summed E-state index contributed by atoms with van der Waals surface area (Å²) in [5.74, 6) is -0.418. The van der Waals surface area contributed by atoms with Crippen LogP contribution in [0.4, 0.5) is 0 Å². The Morgan fingerprint density at radius 1 is 1.32 bits per heavy atom. The van der Waals surface area contributed by atoms with Crippen LogP contribution in [0.1, 0.15) is 16.8 Å². The molecule has 0 saturated carbocycles. The summed E-state index contributed by atoms with van der Waals surface area (Å²) in [6.07, 6.45) is 4.56. The van der Waals surface area contributed by atoms with Crippen molar-refractivity contribution in [2.24, 2.45) is 5.14 Å². The Morgan fingerprint density at radius 2 is 2.05 bits per heavy atom. The minimum Gasteiger partial charge on any atom is -0.335 e. The molecule has 1 aromatic rings. The molecule has 0 radical (unpaired) electrons. The largest absolute Gasteiger partial charge is 0.335 e. The second-order valence-corrected chi connectivity index (χ2v) is 6.11. The van der Waals surface area contributed by atoms with Crippen LogP contribution in [-0.2, 0) is 10.0 Å². The molecule has 0 fully saturated rings. The molecule has 0 bridgehead atoms. The quantitative estimate of drug-likeness (QED) is 0.838. The van der Waals surface area contributed by atoms with Crippen LogP contribution in [0.5, 0.6) is 0 Å². The fraction of sp³-hybridized carbons (Fsp3) is 0.250. The van der Waals surface area contributed by atoms with Crippen molar-refractivity contribution in [1.29, 1.82) is 0 Å². The van der Waals surface area contributed by atoms with Gasteiger partial charge in [-0.15, -0.1) is 0 Å². The maximum atomic E-state index is 12.4. The molecule has 0 aromatic heterocycles. The Labute approximate surface area is 116 Å². The van der Waals surface area contributed by atoms with Crippen LogP contribution < -0.4 is 5.14 Å². The van der Waals surface area contributed by atoms with Gasteiger partial charge in [0.2, 0.25) is 10.0 Å². The molecule has 0 unspecified atom stereocenters. The van der Waals surface area contributed by atoms with Gasteiger partial charge in [0.05, 0.1) is 15.5 Å². The smallest absolute Gasteiger partial charge is 0.257 e. The summed E-state index contributed by atoms with van der Waals surface area (Å²) in [5, 5.41) is 5.21. The van der Waals surface area contributed by atoms with Crippen molar-refractivity contribution >= 4 is 27.5 Å². The first-order valence-electron chi connectivity index (χ1n) is 5.67. The van der Waals surface area contributed by atoms with Crippen LogP contribution in [0.25, 0.3) is 0 Å². The maximum absolute atomic E-state index is 12.4. The summed E-state index contributed by atoms with van der Waals surface area (Å²) in [6, 6.07) is 4.21. The predicted octanol–water partition coefficient (Wildman–Crippen LogP) is 1.39. The van der Waals surface area contributed by atoms with Crippen molar-refractivity contribution in [3.05, 3.63) is 40.9 Å². The van der Waals surface area contributed by atoms with Gasteiger partial charge in [-0.25, -0.2) is 13.6 Å². The van der Waals surface area contributed by atoms with Crippen LogP contribution in [0.2, 0.25) is 5.02 Å². The van der Waals surface area contributed by atoms with Gasteiger partial charge in [-0.05, 0) is 18.6 Å². The van der Waals surface area contributed by atoms with Gasteiger partial charge in [-0.2, -0.15) is 0 Å². The van der Waals surface area contributed by atoms with Crippen molar-refractivity contribution < 1.29 is 13.2 Å². The van der Waals surface area contributed by atoms with Crippen molar-refractivity contribution in [2.45, 2.75) is 11.3 Å². The highest BCUT2D eigenvalue weighted by molar-refractivity contribution is 7.89. The highest BCUT2D eigenvalue weighted by Gasteiger charge is 2.26. The van der Waals surface area contributed by atoms with Crippen LogP contribution in [0.15, 0.2) is 35.2 Å². The standard InChI is InChI=1S/C12H13ClN2O3S/c13-9-5-4-6-10(19(14,17)18)11(9)12(16)15-7-2-1-3-8-15/h1-2,4-6H,3,7-8H2,(H2,14,17,18). The van der Waals surface area contributed by atoms with Gasteiger partial charge in [0.1, 0.15) is 0 Å². The van der Waals surface area contributed by atoms with Crippen LogP contribution >= 0.6 is 11.6 Å². The number of carbonyl (C=O) groups excluding carboxylic acids is 1.